The van der Waals surface area contributed by atoms with Crippen LogP contribution in [0, 0.1) is 23.7 Å². The SMILES string of the molecule is CC(=O)c1ccc(S(=O)(=O)NC(C)(C)C(=O)NC2C3CC4CC3CC42)cc1. The highest BCUT2D eigenvalue weighted by molar-refractivity contribution is 7.89. The van der Waals surface area contributed by atoms with Crippen LogP contribution in [0.1, 0.15) is 50.4 Å². The molecule has 0 radical (unpaired) electrons. The van der Waals surface area contributed by atoms with E-state index in [9.17, 15) is 18.0 Å². The van der Waals surface area contributed by atoms with Crippen molar-refractivity contribution < 1.29 is 18.0 Å². The van der Waals surface area contributed by atoms with Gasteiger partial charge in [0.15, 0.2) is 5.78 Å². The second-order valence-corrected chi connectivity index (χ2v) is 10.5. The molecule has 1 amide bonds. The number of carbonyl (C=O) groups is 2. The Kier molecular flexibility index (Phi) is 4.23. The zero-order chi connectivity index (χ0) is 19.6. The summed E-state index contributed by atoms with van der Waals surface area (Å²) in [5.41, 5.74) is -0.814. The molecule has 1 aromatic rings. The molecule has 0 saturated heterocycles. The van der Waals surface area contributed by atoms with Crippen molar-refractivity contribution in [2.75, 3.05) is 0 Å². The average Bonchev–Trinajstić information content (AvgIpc) is 3.32. The Morgan fingerprint density at radius 1 is 1.00 bits per heavy atom. The molecule has 4 unspecified atom stereocenters. The molecule has 2 N–H and O–H groups in total. The third-order valence-electron chi connectivity index (χ3n) is 6.71. The molecule has 5 rings (SSSR count). The second kappa shape index (κ2) is 6.14. The maximum Gasteiger partial charge on any atom is 0.241 e. The first-order valence-corrected chi connectivity index (χ1v) is 11.0. The molecule has 4 saturated carbocycles. The molecule has 0 aromatic heterocycles. The van der Waals surface area contributed by atoms with E-state index >= 15 is 0 Å². The molecule has 0 spiro atoms. The third-order valence-corrected chi connectivity index (χ3v) is 8.39. The number of ketones is 1. The van der Waals surface area contributed by atoms with Gasteiger partial charge in [-0.1, -0.05) is 12.1 Å². The molecule has 6 nitrogen and oxygen atoms in total. The predicted molar refractivity (Wildman–Crippen MR) is 101 cm³/mol. The number of rotatable bonds is 6. The molecule has 4 atom stereocenters. The lowest BCUT2D eigenvalue weighted by atomic mass is 9.94. The Hall–Kier alpha value is -1.73. The third kappa shape index (κ3) is 3.10. The van der Waals surface area contributed by atoms with Crippen molar-refractivity contribution in [1.82, 2.24) is 10.0 Å². The zero-order valence-corrected chi connectivity index (χ0v) is 16.7. The largest absolute Gasteiger partial charge is 0.351 e. The zero-order valence-electron chi connectivity index (χ0n) is 15.9. The lowest BCUT2D eigenvalue weighted by molar-refractivity contribution is -0.127. The molecule has 146 valence electrons. The van der Waals surface area contributed by atoms with Gasteiger partial charge < -0.3 is 5.32 Å². The maximum atomic E-state index is 12.8. The first-order valence-electron chi connectivity index (χ1n) is 9.54. The van der Waals surface area contributed by atoms with E-state index in [4.69, 9.17) is 0 Å². The minimum atomic E-state index is -3.87. The van der Waals surface area contributed by atoms with Gasteiger partial charge in [0.25, 0.3) is 0 Å². The van der Waals surface area contributed by atoms with Gasteiger partial charge in [-0.25, -0.2) is 8.42 Å². The lowest BCUT2D eigenvalue weighted by Crippen LogP contribution is -2.57. The van der Waals surface area contributed by atoms with Gasteiger partial charge in [0.1, 0.15) is 5.54 Å². The summed E-state index contributed by atoms with van der Waals surface area (Å²) in [6.45, 7) is 4.60. The quantitative estimate of drug-likeness (QED) is 0.728. The average molecular weight is 391 g/mol. The van der Waals surface area contributed by atoms with Crippen LogP contribution in [-0.2, 0) is 14.8 Å². The lowest BCUT2D eigenvalue weighted by Gasteiger charge is -2.30. The molecule has 0 aliphatic heterocycles. The standard InChI is InChI=1S/C20H26N2O4S/c1-11(23)12-4-6-15(7-5-12)27(25,26)22-20(2,3)19(24)21-18-16-9-13-8-14(16)10-17(13)18/h4-7,13-14,16-18,22H,8-10H2,1-3H3,(H,21,24). The van der Waals surface area contributed by atoms with Gasteiger partial charge in [0.2, 0.25) is 15.9 Å². The molecule has 7 heteroatoms. The van der Waals surface area contributed by atoms with Gasteiger partial charge in [0.05, 0.1) is 4.90 Å². The van der Waals surface area contributed by atoms with Crippen molar-refractivity contribution in [3.8, 4) is 0 Å². The number of carbonyl (C=O) groups excluding carboxylic acids is 2. The van der Waals surface area contributed by atoms with Crippen LogP contribution in [0.3, 0.4) is 0 Å². The molecular formula is C20H26N2O4S. The highest BCUT2D eigenvalue weighted by Crippen LogP contribution is 2.62. The Balaban J connectivity index is 1.45. The summed E-state index contributed by atoms with van der Waals surface area (Å²) < 4.78 is 27.9. The molecule has 27 heavy (non-hydrogen) atoms. The van der Waals surface area contributed by atoms with Crippen molar-refractivity contribution in [3.63, 3.8) is 0 Å². The fourth-order valence-electron chi connectivity index (χ4n) is 5.42. The summed E-state index contributed by atoms with van der Waals surface area (Å²) >= 11 is 0. The molecule has 0 heterocycles. The topological polar surface area (TPSA) is 92.3 Å². The summed E-state index contributed by atoms with van der Waals surface area (Å²) in [4.78, 5) is 24.2. The normalized spacial score (nSPS) is 31.4. The van der Waals surface area contributed by atoms with Crippen LogP contribution in [0.25, 0.3) is 0 Å². The van der Waals surface area contributed by atoms with E-state index in [1.165, 1.54) is 50.5 Å². The minimum Gasteiger partial charge on any atom is -0.351 e. The van der Waals surface area contributed by atoms with E-state index < -0.39 is 15.6 Å². The number of amides is 1. The van der Waals surface area contributed by atoms with Crippen LogP contribution in [0.4, 0.5) is 0 Å². The highest BCUT2D eigenvalue weighted by Gasteiger charge is 2.60. The fourth-order valence-corrected chi connectivity index (χ4v) is 6.79. The van der Waals surface area contributed by atoms with Crippen molar-refractivity contribution in [2.24, 2.45) is 23.7 Å². The second-order valence-electron chi connectivity index (χ2n) is 8.87. The number of sulfonamides is 1. The van der Waals surface area contributed by atoms with Crippen LogP contribution < -0.4 is 10.0 Å². The fraction of sp³-hybridized carbons (Fsp3) is 0.600. The maximum absolute atomic E-state index is 12.8. The van der Waals surface area contributed by atoms with Crippen molar-refractivity contribution >= 4 is 21.7 Å². The number of Topliss-reactive ketones (excluding diaryl/α,β-unsaturated/α-hetero) is 1. The highest BCUT2D eigenvalue weighted by atomic mass is 32.2. The van der Waals surface area contributed by atoms with Gasteiger partial charge in [-0.05, 0) is 75.8 Å². The predicted octanol–water partition coefficient (Wildman–Crippen LogP) is 2.11. The summed E-state index contributed by atoms with van der Waals surface area (Å²) in [5.74, 6) is 2.20. The van der Waals surface area contributed by atoms with Gasteiger partial charge in [-0.15, -0.1) is 0 Å². The van der Waals surface area contributed by atoms with Crippen molar-refractivity contribution in [3.05, 3.63) is 29.8 Å². The van der Waals surface area contributed by atoms with Crippen LogP contribution >= 0.6 is 0 Å². The van der Waals surface area contributed by atoms with E-state index in [1.54, 1.807) is 13.8 Å². The minimum absolute atomic E-state index is 0.0376. The Morgan fingerprint density at radius 2 is 1.56 bits per heavy atom. The van der Waals surface area contributed by atoms with Crippen LogP contribution in [0.5, 0.6) is 0 Å². The molecule has 4 aliphatic carbocycles. The van der Waals surface area contributed by atoms with Crippen LogP contribution in [0.2, 0.25) is 0 Å². The van der Waals surface area contributed by atoms with Crippen LogP contribution in [0.15, 0.2) is 29.2 Å². The van der Waals surface area contributed by atoms with E-state index in [0.717, 1.165) is 11.8 Å². The van der Waals surface area contributed by atoms with Gasteiger partial charge in [-0.3, -0.25) is 9.59 Å². The Morgan fingerprint density at radius 3 is 2.04 bits per heavy atom. The number of hydrogen-bond donors (Lipinski definition) is 2. The smallest absolute Gasteiger partial charge is 0.241 e. The molecule has 4 aliphatic rings. The van der Waals surface area contributed by atoms with E-state index in [-0.39, 0.29) is 22.6 Å². The monoisotopic (exact) mass is 390 g/mol. The van der Waals surface area contributed by atoms with Crippen molar-refractivity contribution in [2.45, 2.75) is 56.5 Å². The Bertz CT molecular complexity index is 875. The first kappa shape index (κ1) is 18.6. The summed E-state index contributed by atoms with van der Waals surface area (Å²) in [7, 11) is -3.87. The number of hydrogen-bond acceptors (Lipinski definition) is 4. The molecule has 4 fully saturated rings. The summed E-state index contributed by atoms with van der Waals surface area (Å²) in [6, 6.07) is 5.92. The van der Waals surface area contributed by atoms with Gasteiger partial charge >= 0.3 is 0 Å². The summed E-state index contributed by atoms with van der Waals surface area (Å²) in [5, 5.41) is 3.13. The number of nitrogens with one attached hydrogen (secondary N) is 2. The van der Waals surface area contributed by atoms with Crippen molar-refractivity contribution in [1.29, 1.82) is 0 Å². The van der Waals surface area contributed by atoms with Gasteiger partial charge in [-0.2, -0.15) is 4.72 Å². The molecule has 1 aromatic carbocycles. The number of benzene rings is 1. The van der Waals surface area contributed by atoms with Gasteiger partial charge in [0, 0.05) is 11.6 Å². The van der Waals surface area contributed by atoms with E-state index in [0.29, 0.717) is 17.4 Å². The molecular weight excluding hydrogens is 364 g/mol. The first-order chi connectivity index (χ1) is 12.6. The summed E-state index contributed by atoms with van der Waals surface area (Å²) in [6.07, 6.45) is 3.71. The molecule has 4 bridgehead atoms. The van der Waals surface area contributed by atoms with E-state index in [2.05, 4.69) is 10.0 Å². The Labute approximate surface area is 160 Å². The van der Waals surface area contributed by atoms with E-state index in [1.807, 2.05) is 0 Å². The van der Waals surface area contributed by atoms with Crippen LogP contribution in [-0.4, -0.2) is 31.7 Å².